The first-order valence-electron chi connectivity index (χ1n) is 5.46. The van der Waals surface area contributed by atoms with E-state index in [1.165, 1.54) is 25.0 Å². The largest absolute Gasteiger partial charge is 0.221 e. The van der Waals surface area contributed by atoms with Crippen molar-refractivity contribution in [1.82, 2.24) is 14.6 Å². The molecule has 0 N–H and O–H groups in total. The van der Waals surface area contributed by atoms with E-state index in [0.717, 1.165) is 11.5 Å². The van der Waals surface area contributed by atoms with E-state index in [4.69, 9.17) is 11.6 Å². The number of thioether (sulfide) groups is 1. The van der Waals surface area contributed by atoms with Crippen molar-refractivity contribution in [2.45, 2.75) is 24.5 Å². The minimum atomic E-state index is 0.465. The standard InChI is InChI=1S/C11H12ClN3S/c12-8-4-5-15-10(7-8)13-11(14-15)9-3-1-2-6-16-9/h4-5,7,9H,1-3,6H2. The van der Waals surface area contributed by atoms with Crippen LogP contribution in [-0.2, 0) is 0 Å². The van der Waals surface area contributed by atoms with Crippen molar-refractivity contribution in [1.29, 1.82) is 0 Å². The molecule has 0 spiro atoms. The molecule has 0 radical (unpaired) electrons. The van der Waals surface area contributed by atoms with Crippen LogP contribution in [0.4, 0.5) is 0 Å². The Kier molecular flexibility index (Phi) is 2.77. The lowest BCUT2D eigenvalue weighted by atomic mass is 10.2. The first kappa shape index (κ1) is 10.4. The number of pyridine rings is 1. The van der Waals surface area contributed by atoms with Crippen LogP contribution >= 0.6 is 23.4 Å². The zero-order valence-corrected chi connectivity index (χ0v) is 10.3. The fourth-order valence-electron chi connectivity index (χ4n) is 1.95. The van der Waals surface area contributed by atoms with E-state index in [0.29, 0.717) is 10.3 Å². The molecule has 1 aliphatic heterocycles. The van der Waals surface area contributed by atoms with Crippen LogP contribution in [0.5, 0.6) is 0 Å². The van der Waals surface area contributed by atoms with Crippen molar-refractivity contribution >= 4 is 29.0 Å². The molecule has 84 valence electrons. The highest BCUT2D eigenvalue weighted by Crippen LogP contribution is 2.36. The van der Waals surface area contributed by atoms with Gasteiger partial charge in [-0.2, -0.15) is 16.9 Å². The lowest BCUT2D eigenvalue weighted by Crippen LogP contribution is -2.04. The van der Waals surface area contributed by atoms with Gasteiger partial charge in [0.1, 0.15) is 0 Å². The summed E-state index contributed by atoms with van der Waals surface area (Å²) in [5, 5.41) is 5.68. The molecule has 0 aliphatic carbocycles. The molecule has 5 heteroatoms. The van der Waals surface area contributed by atoms with Crippen molar-refractivity contribution in [2.24, 2.45) is 0 Å². The minimum Gasteiger partial charge on any atom is -0.221 e. The zero-order chi connectivity index (χ0) is 11.0. The van der Waals surface area contributed by atoms with Crippen molar-refractivity contribution in [3.63, 3.8) is 0 Å². The van der Waals surface area contributed by atoms with Crippen LogP contribution in [0.1, 0.15) is 30.3 Å². The first-order valence-corrected chi connectivity index (χ1v) is 6.89. The summed E-state index contributed by atoms with van der Waals surface area (Å²) in [7, 11) is 0. The Morgan fingerprint density at radius 3 is 3.19 bits per heavy atom. The van der Waals surface area contributed by atoms with Crippen molar-refractivity contribution in [3.05, 3.63) is 29.2 Å². The number of hydrogen-bond acceptors (Lipinski definition) is 3. The summed E-state index contributed by atoms with van der Waals surface area (Å²) in [4.78, 5) is 4.54. The van der Waals surface area contributed by atoms with E-state index in [9.17, 15) is 0 Å². The van der Waals surface area contributed by atoms with Crippen LogP contribution in [0.2, 0.25) is 5.02 Å². The Labute approximate surface area is 103 Å². The average Bonchev–Trinajstić information content (AvgIpc) is 2.73. The molecule has 3 heterocycles. The highest BCUT2D eigenvalue weighted by Gasteiger charge is 2.20. The molecule has 2 aromatic rings. The second-order valence-corrected chi connectivity index (χ2v) is 5.72. The lowest BCUT2D eigenvalue weighted by molar-refractivity contribution is 0.661. The Morgan fingerprint density at radius 2 is 2.38 bits per heavy atom. The lowest BCUT2D eigenvalue weighted by Gasteiger charge is -2.17. The Balaban J connectivity index is 1.97. The number of aromatic nitrogens is 3. The summed E-state index contributed by atoms with van der Waals surface area (Å²) in [5.41, 5.74) is 0.841. The van der Waals surface area contributed by atoms with Crippen LogP contribution in [0.3, 0.4) is 0 Å². The van der Waals surface area contributed by atoms with Gasteiger partial charge in [0.2, 0.25) is 0 Å². The third-order valence-electron chi connectivity index (χ3n) is 2.78. The van der Waals surface area contributed by atoms with Crippen molar-refractivity contribution in [3.8, 4) is 0 Å². The maximum Gasteiger partial charge on any atom is 0.164 e. The van der Waals surface area contributed by atoms with Gasteiger partial charge < -0.3 is 0 Å². The molecule has 0 aromatic carbocycles. The van der Waals surface area contributed by atoms with Gasteiger partial charge in [0.25, 0.3) is 0 Å². The van der Waals surface area contributed by atoms with Gasteiger partial charge in [-0.05, 0) is 24.7 Å². The third-order valence-corrected chi connectivity index (χ3v) is 4.39. The van der Waals surface area contributed by atoms with E-state index in [1.54, 1.807) is 4.52 Å². The van der Waals surface area contributed by atoms with Crippen LogP contribution < -0.4 is 0 Å². The molecule has 16 heavy (non-hydrogen) atoms. The fraction of sp³-hybridized carbons (Fsp3) is 0.455. The van der Waals surface area contributed by atoms with E-state index in [-0.39, 0.29) is 0 Å². The highest BCUT2D eigenvalue weighted by molar-refractivity contribution is 7.99. The number of fused-ring (bicyclic) bond motifs is 1. The van der Waals surface area contributed by atoms with Crippen LogP contribution in [0.15, 0.2) is 18.3 Å². The molecule has 1 unspecified atom stereocenters. The monoisotopic (exact) mass is 253 g/mol. The molecule has 1 aliphatic rings. The normalized spacial score (nSPS) is 21.4. The van der Waals surface area contributed by atoms with Crippen LogP contribution in [-0.4, -0.2) is 20.4 Å². The van der Waals surface area contributed by atoms with Gasteiger partial charge in [-0.15, -0.1) is 0 Å². The summed E-state index contributed by atoms with van der Waals surface area (Å²) in [5.74, 6) is 2.17. The van der Waals surface area contributed by atoms with E-state index >= 15 is 0 Å². The molecule has 3 rings (SSSR count). The smallest absolute Gasteiger partial charge is 0.164 e. The molecular formula is C11H12ClN3S. The molecule has 1 atom stereocenters. The highest BCUT2D eigenvalue weighted by atomic mass is 35.5. The number of rotatable bonds is 1. The number of hydrogen-bond donors (Lipinski definition) is 0. The van der Waals surface area contributed by atoms with Gasteiger partial charge in [-0.25, -0.2) is 9.50 Å². The first-order chi connectivity index (χ1) is 7.83. The predicted octanol–water partition coefficient (Wildman–Crippen LogP) is 3.34. The summed E-state index contributed by atoms with van der Waals surface area (Å²) in [6.07, 6.45) is 5.66. The molecular weight excluding hydrogens is 242 g/mol. The minimum absolute atomic E-state index is 0.465. The molecule has 1 saturated heterocycles. The van der Waals surface area contributed by atoms with Gasteiger partial charge in [-0.3, -0.25) is 0 Å². The maximum atomic E-state index is 5.93. The molecule has 0 bridgehead atoms. The number of nitrogens with zero attached hydrogens (tertiary/aromatic N) is 3. The Hall–Kier alpha value is -0.740. The van der Waals surface area contributed by atoms with Gasteiger partial charge in [0, 0.05) is 17.3 Å². The SMILES string of the molecule is Clc1ccn2nc(C3CCCCS3)nc2c1. The fourth-order valence-corrected chi connectivity index (χ4v) is 3.35. The maximum absolute atomic E-state index is 5.93. The van der Waals surface area contributed by atoms with E-state index in [2.05, 4.69) is 10.1 Å². The van der Waals surface area contributed by atoms with Gasteiger partial charge in [-0.1, -0.05) is 18.0 Å². The molecule has 0 saturated carbocycles. The van der Waals surface area contributed by atoms with Gasteiger partial charge in [0.15, 0.2) is 11.5 Å². The predicted molar refractivity (Wildman–Crippen MR) is 67.0 cm³/mol. The summed E-state index contributed by atoms with van der Waals surface area (Å²) >= 11 is 7.89. The Bertz CT molecular complexity index is 505. The summed E-state index contributed by atoms with van der Waals surface area (Å²) in [6, 6.07) is 3.69. The molecule has 3 nitrogen and oxygen atoms in total. The van der Waals surface area contributed by atoms with Crippen molar-refractivity contribution in [2.75, 3.05) is 5.75 Å². The second kappa shape index (κ2) is 4.26. The topological polar surface area (TPSA) is 30.2 Å². The zero-order valence-electron chi connectivity index (χ0n) is 8.77. The summed E-state index contributed by atoms with van der Waals surface area (Å²) in [6.45, 7) is 0. The van der Waals surface area contributed by atoms with E-state index in [1.807, 2.05) is 30.1 Å². The average molecular weight is 254 g/mol. The van der Waals surface area contributed by atoms with Crippen molar-refractivity contribution < 1.29 is 0 Å². The Morgan fingerprint density at radius 1 is 1.44 bits per heavy atom. The van der Waals surface area contributed by atoms with E-state index < -0.39 is 0 Å². The quantitative estimate of drug-likeness (QED) is 0.781. The molecule has 0 amide bonds. The second-order valence-electron chi connectivity index (χ2n) is 3.97. The number of halogens is 1. The molecule has 1 fully saturated rings. The third kappa shape index (κ3) is 1.92. The van der Waals surface area contributed by atoms with Crippen LogP contribution in [0.25, 0.3) is 5.65 Å². The summed E-state index contributed by atoms with van der Waals surface area (Å²) < 4.78 is 1.80. The van der Waals surface area contributed by atoms with Crippen LogP contribution in [0, 0.1) is 0 Å². The van der Waals surface area contributed by atoms with Gasteiger partial charge in [0.05, 0.1) is 5.25 Å². The van der Waals surface area contributed by atoms with Gasteiger partial charge >= 0.3 is 0 Å². The molecule has 2 aromatic heterocycles.